The van der Waals surface area contributed by atoms with Crippen molar-refractivity contribution in [3.8, 4) is 5.75 Å². The van der Waals surface area contributed by atoms with Crippen LogP contribution in [0, 0.1) is 6.92 Å². The molecule has 1 N–H and O–H groups in total. The highest BCUT2D eigenvalue weighted by Gasteiger charge is 2.04. The highest BCUT2D eigenvalue weighted by atomic mass is 16.5. The molecule has 0 aliphatic heterocycles. The first-order valence-electron chi connectivity index (χ1n) is 7.19. The lowest BCUT2D eigenvalue weighted by atomic mass is 10.2. The molecule has 1 aromatic heterocycles. The number of hydrogen-bond donors (Lipinski definition) is 1. The maximum Gasteiger partial charge on any atom is 0.251 e. The summed E-state index contributed by atoms with van der Waals surface area (Å²) < 4.78 is 6.70. The van der Waals surface area contributed by atoms with Gasteiger partial charge in [0.15, 0.2) is 0 Å². The van der Waals surface area contributed by atoms with Crippen molar-refractivity contribution in [1.29, 1.82) is 0 Å². The molecule has 1 heterocycles. The molecule has 0 aliphatic carbocycles. The van der Waals surface area contributed by atoms with Gasteiger partial charge in [0.25, 0.3) is 11.5 Å². The van der Waals surface area contributed by atoms with Gasteiger partial charge in [0.05, 0.1) is 7.11 Å². The molecule has 0 aliphatic rings. The molecule has 5 heteroatoms. The number of benzene rings is 1. The zero-order valence-corrected chi connectivity index (χ0v) is 12.8. The first-order valence-corrected chi connectivity index (χ1v) is 7.19. The molecule has 0 radical (unpaired) electrons. The Bertz CT molecular complexity index is 690. The largest absolute Gasteiger partial charge is 0.497 e. The molecule has 1 aromatic carbocycles. The number of carbonyl (C=O) groups excluding carboxylic acids is 1. The Kier molecular flexibility index (Phi) is 5.36. The molecule has 116 valence electrons. The fourth-order valence-corrected chi connectivity index (χ4v) is 2.09. The van der Waals surface area contributed by atoms with Gasteiger partial charge in [-0.2, -0.15) is 0 Å². The number of amides is 1. The van der Waals surface area contributed by atoms with Crippen LogP contribution in [0.1, 0.15) is 22.3 Å². The number of aromatic nitrogens is 1. The van der Waals surface area contributed by atoms with E-state index < -0.39 is 0 Å². The monoisotopic (exact) mass is 300 g/mol. The summed E-state index contributed by atoms with van der Waals surface area (Å²) in [4.78, 5) is 23.7. The van der Waals surface area contributed by atoms with E-state index in [1.165, 1.54) is 0 Å². The van der Waals surface area contributed by atoms with E-state index in [1.54, 1.807) is 48.2 Å². The van der Waals surface area contributed by atoms with Crippen LogP contribution in [0.3, 0.4) is 0 Å². The van der Waals surface area contributed by atoms with E-state index in [-0.39, 0.29) is 11.5 Å². The van der Waals surface area contributed by atoms with Crippen LogP contribution in [-0.2, 0) is 6.54 Å². The lowest BCUT2D eigenvalue weighted by Crippen LogP contribution is -2.26. The minimum Gasteiger partial charge on any atom is -0.497 e. The van der Waals surface area contributed by atoms with Gasteiger partial charge in [-0.15, -0.1) is 0 Å². The lowest BCUT2D eigenvalue weighted by molar-refractivity contribution is 0.0952. The molecule has 2 aromatic rings. The quantitative estimate of drug-likeness (QED) is 0.830. The van der Waals surface area contributed by atoms with E-state index in [9.17, 15) is 9.59 Å². The molecule has 1 amide bonds. The zero-order valence-electron chi connectivity index (χ0n) is 12.8. The molecule has 0 atom stereocenters. The maximum absolute atomic E-state index is 11.9. The molecule has 5 nitrogen and oxygen atoms in total. The second-order valence-electron chi connectivity index (χ2n) is 5.07. The predicted octanol–water partition coefficient (Wildman–Crippen LogP) is 1.99. The number of rotatable bonds is 6. The number of hydrogen-bond acceptors (Lipinski definition) is 3. The number of carbonyl (C=O) groups is 1. The van der Waals surface area contributed by atoms with Gasteiger partial charge in [0, 0.05) is 30.9 Å². The summed E-state index contributed by atoms with van der Waals surface area (Å²) in [6.45, 7) is 2.99. The van der Waals surface area contributed by atoms with Crippen molar-refractivity contribution < 1.29 is 9.53 Å². The molecule has 22 heavy (non-hydrogen) atoms. The molecule has 0 saturated heterocycles. The predicted molar refractivity (Wildman–Crippen MR) is 85.4 cm³/mol. The molecular formula is C17H20N2O3. The number of ether oxygens (including phenoxy) is 1. The summed E-state index contributed by atoms with van der Waals surface area (Å²) in [5, 5.41) is 2.84. The molecule has 0 unspecified atom stereocenters. The van der Waals surface area contributed by atoms with Gasteiger partial charge in [0.2, 0.25) is 0 Å². The van der Waals surface area contributed by atoms with Crippen LogP contribution < -0.4 is 15.6 Å². The Morgan fingerprint density at radius 1 is 1.23 bits per heavy atom. The highest BCUT2D eigenvalue weighted by Crippen LogP contribution is 2.10. The van der Waals surface area contributed by atoms with E-state index >= 15 is 0 Å². The minimum atomic E-state index is -0.126. The fraction of sp³-hybridized carbons (Fsp3) is 0.294. The van der Waals surface area contributed by atoms with Crippen molar-refractivity contribution in [3.05, 3.63) is 64.1 Å². The minimum absolute atomic E-state index is 0.0125. The summed E-state index contributed by atoms with van der Waals surface area (Å²) in [5.74, 6) is 0.592. The Balaban J connectivity index is 1.80. The topological polar surface area (TPSA) is 60.3 Å². The summed E-state index contributed by atoms with van der Waals surface area (Å²) in [6.07, 6.45) is 2.48. The first kappa shape index (κ1) is 15.8. The van der Waals surface area contributed by atoms with Gasteiger partial charge < -0.3 is 14.6 Å². The third-order valence-corrected chi connectivity index (χ3v) is 3.37. The fourth-order valence-electron chi connectivity index (χ4n) is 2.09. The van der Waals surface area contributed by atoms with Gasteiger partial charge in [-0.3, -0.25) is 9.59 Å². The van der Waals surface area contributed by atoms with Gasteiger partial charge >= 0.3 is 0 Å². The third kappa shape index (κ3) is 4.22. The number of aryl methyl sites for hydroxylation is 2. The summed E-state index contributed by atoms with van der Waals surface area (Å²) in [5.41, 5.74) is 1.53. The Morgan fingerprint density at radius 3 is 2.59 bits per heavy atom. The third-order valence-electron chi connectivity index (χ3n) is 3.37. The van der Waals surface area contributed by atoms with Gasteiger partial charge in [-0.1, -0.05) is 0 Å². The van der Waals surface area contributed by atoms with Crippen molar-refractivity contribution >= 4 is 5.91 Å². The average molecular weight is 300 g/mol. The van der Waals surface area contributed by atoms with Gasteiger partial charge in [-0.25, -0.2) is 0 Å². The van der Waals surface area contributed by atoms with Crippen LogP contribution in [-0.4, -0.2) is 24.1 Å². The Morgan fingerprint density at radius 2 is 1.95 bits per heavy atom. The smallest absolute Gasteiger partial charge is 0.251 e. The van der Waals surface area contributed by atoms with Crippen LogP contribution >= 0.6 is 0 Å². The van der Waals surface area contributed by atoms with E-state index in [1.807, 2.05) is 13.0 Å². The first-order chi connectivity index (χ1) is 10.6. The second-order valence-corrected chi connectivity index (χ2v) is 5.07. The Hall–Kier alpha value is -2.56. The second kappa shape index (κ2) is 7.45. The van der Waals surface area contributed by atoms with Crippen molar-refractivity contribution in [1.82, 2.24) is 9.88 Å². The van der Waals surface area contributed by atoms with E-state index in [0.29, 0.717) is 25.1 Å². The molecule has 2 rings (SSSR count). The van der Waals surface area contributed by atoms with Gasteiger partial charge in [0.1, 0.15) is 5.75 Å². The summed E-state index contributed by atoms with van der Waals surface area (Å²) >= 11 is 0. The maximum atomic E-state index is 11.9. The molecule has 0 fully saturated rings. The van der Waals surface area contributed by atoms with E-state index in [4.69, 9.17) is 4.74 Å². The molecular weight excluding hydrogens is 280 g/mol. The van der Waals surface area contributed by atoms with E-state index in [0.717, 1.165) is 11.3 Å². The number of nitrogens with zero attached hydrogens (tertiary/aromatic N) is 1. The Labute approximate surface area is 129 Å². The normalized spacial score (nSPS) is 10.3. The van der Waals surface area contributed by atoms with Crippen LogP contribution in [0.15, 0.2) is 47.4 Å². The van der Waals surface area contributed by atoms with Crippen molar-refractivity contribution in [2.75, 3.05) is 13.7 Å². The van der Waals surface area contributed by atoms with Crippen LogP contribution in [0.5, 0.6) is 5.75 Å². The zero-order chi connectivity index (χ0) is 15.9. The lowest BCUT2D eigenvalue weighted by Gasteiger charge is -2.08. The van der Waals surface area contributed by atoms with Crippen LogP contribution in [0.25, 0.3) is 0 Å². The van der Waals surface area contributed by atoms with Crippen LogP contribution in [0.4, 0.5) is 0 Å². The number of methoxy groups -OCH3 is 1. The van der Waals surface area contributed by atoms with Crippen molar-refractivity contribution in [3.63, 3.8) is 0 Å². The van der Waals surface area contributed by atoms with Crippen molar-refractivity contribution in [2.24, 2.45) is 0 Å². The van der Waals surface area contributed by atoms with Gasteiger partial charge in [-0.05, 0) is 49.2 Å². The van der Waals surface area contributed by atoms with Crippen molar-refractivity contribution in [2.45, 2.75) is 19.9 Å². The average Bonchev–Trinajstić information content (AvgIpc) is 2.53. The number of nitrogens with one attached hydrogen (secondary N) is 1. The van der Waals surface area contributed by atoms with Crippen LogP contribution in [0.2, 0.25) is 0 Å². The SMILES string of the molecule is COc1ccc(C(=O)NCCCn2ccc(C)cc2=O)cc1. The summed E-state index contributed by atoms with van der Waals surface area (Å²) in [7, 11) is 1.59. The number of pyridine rings is 1. The molecule has 0 spiro atoms. The molecule has 0 bridgehead atoms. The van der Waals surface area contributed by atoms with E-state index in [2.05, 4.69) is 5.32 Å². The standard InChI is InChI=1S/C17H20N2O3/c1-13-8-11-19(16(20)12-13)10-3-9-18-17(21)14-4-6-15(22-2)7-5-14/h4-8,11-12H,3,9-10H2,1-2H3,(H,18,21). The highest BCUT2D eigenvalue weighted by molar-refractivity contribution is 5.94. The summed E-state index contributed by atoms with van der Waals surface area (Å²) in [6, 6.07) is 10.5. The molecule has 0 saturated carbocycles.